The quantitative estimate of drug-likeness (QED) is 0.797. The van der Waals surface area contributed by atoms with E-state index in [0.29, 0.717) is 5.92 Å². The van der Waals surface area contributed by atoms with E-state index < -0.39 is 0 Å². The number of piperazine rings is 1. The Morgan fingerprint density at radius 2 is 1.67 bits per heavy atom. The number of hydrogen-bond acceptors (Lipinski definition) is 2. The van der Waals surface area contributed by atoms with Gasteiger partial charge in [-0.1, -0.05) is 33.8 Å². The molecule has 0 bridgehead atoms. The second-order valence-corrected chi connectivity index (χ2v) is 6.67. The van der Waals surface area contributed by atoms with Crippen molar-refractivity contribution >= 4 is 5.69 Å². The van der Waals surface area contributed by atoms with Gasteiger partial charge in [-0.15, -0.1) is 0 Å². The maximum absolute atomic E-state index is 2.62. The monoisotopic (exact) mass is 288 g/mol. The van der Waals surface area contributed by atoms with Crippen molar-refractivity contribution in [1.29, 1.82) is 0 Å². The molecule has 2 nitrogen and oxygen atoms in total. The topological polar surface area (TPSA) is 6.48 Å². The number of anilines is 1. The van der Waals surface area contributed by atoms with Crippen LogP contribution in [0.4, 0.5) is 5.69 Å². The van der Waals surface area contributed by atoms with Crippen LogP contribution in [-0.4, -0.2) is 37.1 Å². The van der Waals surface area contributed by atoms with Gasteiger partial charge < -0.3 is 4.90 Å². The summed E-state index contributed by atoms with van der Waals surface area (Å²) >= 11 is 0. The Kier molecular flexibility index (Phi) is 5.69. The number of aryl methyl sites for hydroxylation is 1. The molecule has 1 heterocycles. The third kappa shape index (κ3) is 3.79. The molecule has 1 saturated heterocycles. The van der Waals surface area contributed by atoms with Crippen LogP contribution in [0.2, 0.25) is 0 Å². The van der Waals surface area contributed by atoms with Crippen molar-refractivity contribution in [3.8, 4) is 0 Å². The second kappa shape index (κ2) is 7.31. The maximum Gasteiger partial charge on any atom is 0.0370 e. The van der Waals surface area contributed by atoms with Crippen LogP contribution in [0, 0.1) is 0 Å². The summed E-state index contributed by atoms with van der Waals surface area (Å²) < 4.78 is 0. The van der Waals surface area contributed by atoms with Gasteiger partial charge in [0.1, 0.15) is 0 Å². The van der Waals surface area contributed by atoms with Crippen molar-refractivity contribution in [1.82, 2.24) is 4.90 Å². The van der Waals surface area contributed by atoms with Crippen LogP contribution in [-0.2, 0) is 6.42 Å². The molecule has 0 radical (unpaired) electrons. The van der Waals surface area contributed by atoms with E-state index in [2.05, 4.69) is 62.6 Å². The summed E-state index contributed by atoms with van der Waals surface area (Å²) in [5, 5.41) is 0. The maximum atomic E-state index is 2.62. The molecule has 0 N–H and O–H groups in total. The lowest BCUT2D eigenvalue weighted by atomic mass is 9.95. The zero-order valence-electron chi connectivity index (χ0n) is 14.5. The van der Waals surface area contributed by atoms with E-state index in [9.17, 15) is 0 Å². The van der Waals surface area contributed by atoms with E-state index in [-0.39, 0.29) is 0 Å². The van der Waals surface area contributed by atoms with Gasteiger partial charge >= 0.3 is 0 Å². The van der Waals surface area contributed by atoms with E-state index >= 15 is 0 Å². The molecule has 2 rings (SSSR count). The second-order valence-electron chi connectivity index (χ2n) is 6.67. The summed E-state index contributed by atoms with van der Waals surface area (Å²) in [6.07, 6.45) is 2.39. The van der Waals surface area contributed by atoms with Gasteiger partial charge in [0.2, 0.25) is 0 Å². The van der Waals surface area contributed by atoms with E-state index in [1.807, 2.05) is 0 Å². The van der Waals surface area contributed by atoms with Crippen molar-refractivity contribution < 1.29 is 0 Å². The molecule has 0 spiro atoms. The lowest BCUT2D eigenvalue weighted by Gasteiger charge is -2.39. The number of nitrogens with zero attached hydrogens (tertiary/aromatic N) is 2. The molecule has 0 saturated carbocycles. The molecular weight excluding hydrogens is 256 g/mol. The molecule has 1 aromatic carbocycles. The van der Waals surface area contributed by atoms with Gasteiger partial charge in [-0.05, 0) is 48.9 Å². The summed E-state index contributed by atoms with van der Waals surface area (Å²) in [7, 11) is 0. The fraction of sp³-hybridized carbons (Fsp3) is 0.684. The van der Waals surface area contributed by atoms with Crippen LogP contribution in [0.3, 0.4) is 0 Å². The van der Waals surface area contributed by atoms with Gasteiger partial charge in [0.15, 0.2) is 0 Å². The van der Waals surface area contributed by atoms with Gasteiger partial charge in [0.05, 0.1) is 0 Å². The first-order chi connectivity index (χ1) is 10.1. The average Bonchev–Trinajstić information content (AvgIpc) is 2.53. The molecule has 1 atom stereocenters. The summed E-state index contributed by atoms with van der Waals surface area (Å²) in [5.74, 6) is 0.622. The Hall–Kier alpha value is -1.02. The Balaban J connectivity index is 2.07. The molecule has 21 heavy (non-hydrogen) atoms. The lowest BCUT2D eigenvalue weighted by molar-refractivity contribution is 0.193. The molecule has 1 aromatic rings. The molecular formula is C19H32N2. The van der Waals surface area contributed by atoms with Crippen LogP contribution in [0.1, 0.15) is 58.1 Å². The first-order valence-corrected chi connectivity index (χ1v) is 8.68. The van der Waals surface area contributed by atoms with Gasteiger partial charge in [0, 0.05) is 37.9 Å². The highest BCUT2D eigenvalue weighted by molar-refractivity contribution is 5.52. The van der Waals surface area contributed by atoms with E-state index in [4.69, 9.17) is 0 Å². The van der Waals surface area contributed by atoms with Crippen LogP contribution in [0.5, 0.6) is 0 Å². The van der Waals surface area contributed by atoms with Crippen molar-refractivity contribution in [2.24, 2.45) is 0 Å². The smallest absolute Gasteiger partial charge is 0.0370 e. The highest BCUT2D eigenvalue weighted by Crippen LogP contribution is 2.26. The van der Waals surface area contributed by atoms with E-state index in [1.54, 1.807) is 0 Å². The minimum Gasteiger partial charge on any atom is -0.369 e. The first-order valence-electron chi connectivity index (χ1n) is 8.68. The molecule has 118 valence electrons. The minimum atomic E-state index is 0.622. The largest absolute Gasteiger partial charge is 0.369 e. The molecule has 0 aromatic heterocycles. The zero-order chi connectivity index (χ0) is 15.4. The first kappa shape index (κ1) is 16.4. The third-order valence-corrected chi connectivity index (χ3v) is 5.02. The molecule has 1 fully saturated rings. The zero-order valence-corrected chi connectivity index (χ0v) is 14.5. The minimum absolute atomic E-state index is 0.622. The average molecular weight is 288 g/mol. The lowest BCUT2D eigenvalue weighted by Crippen LogP contribution is -2.49. The van der Waals surface area contributed by atoms with E-state index in [1.165, 1.54) is 36.3 Å². The van der Waals surface area contributed by atoms with Crippen molar-refractivity contribution in [3.63, 3.8) is 0 Å². The van der Waals surface area contributed by atoms with Gasteiger partial charge in [0.25, 0.3) is 0 Å². The Bertz CT molecular complexity index is 445. The van der Waals surface area contributed by atoms with Gasteiger partial charge in [-0.3, -0.25) is 4.90 Å². The third-order valence-electron chi connectivity index (χ3n) is 5.02. The normalized spacial score (nSPS) is 18.3. The molecule has 1 aliphatic heterocycles. The van der Waals surface area contributed by atoms with Crippen molar-refractivity contribution in [2.75, 3.05) is 31.1 Å². The number of hydrogen-bond donors (Lipinski definition) is 0. The highest BCUT2D eigenvalue weighted by Gasteiger charge is 2.20. The van der Waals surface area contributed by atoms with Crippen LogP contribution < -0.4 is 4.90 Å². The fourth-order valence-corrected chi connectivity index (χ4v) is 3.34. The Morgan fingerprint density at radius 3 is 2.19 bits per heavy atom. The Morgan fingerprint density at radius 1 is 1.00 bits per heavy atom. The van der Waals surface area contributed by atoms with Gasteiger partial charge in [-0.2, -0.15) is 0 Å². The molecule has 0 amide bonds. The summed E-state index contributed by atoms with van der Waals surface area (Å²) in [6, 6.07) is 7.82. The number of benzene rings is 1. The summed E-state index contributed by atoms with van der Waals surface area (Å²) in [6.45, 7) is 16.2. The molecule has 2 heteroatoms. The van der Waals surface area contributed by atoms with Crippen molar-refractivity contribution in [2.45, 2.75) is 59.4 Å². The standard InChI is InChI=1S/C19H32N2/c1-6-16(5)20-10-12-21(13-11-20)18-8-9-19(15(3)4)17(7-2)14-18/h8-9,14-16H,6-7,10-13H2,1-5H3. The number of rotatable bonds is 5. The SMILES string of the molecule is CCc1cc(N2CCN(C(C)CC)CC2)ccc1C(C)C. The highest BCUT2D eigenvalue weighted by atomic mass is 15.3. The fourth-order valence-electron chi connectivity index (χ4n) is 3.34. The predicted molar refractivity (Wildman–Crippen MR) is 93.4 cm³/mol. The molecule has 1 unspecified atom stereocenters. The van der Waals surface area contributed by atoms with Crippen LogP contribution in [0.15, 0.2) is 18.2 Å². The summed E-state index contributed by atoms with van der Waals surface area (Å²) in [5.41, 5.74) is 4.45. The Labute approximate surface area is 131 Å². The van der Waals surface area contributed by atoms with Gasteiger partial charge in [-0.25, -0.2) is 0 Å². The van der Waals surface area contributed by atoms with Crippen molar-refractivity contribution in [3.05, 3.63) is 29.3 Å². The summed E-state index contributed by atoms with van der Waals surface area (Å²) in [4.78, 5) is 5.18. The van der Waals surface area contributed by atoms with E-state index in [0.717, 1.165) is 25.6 Å². The molecule has 1 aliphatic rings. The van der Waals surface area contributed by atoms with Crippen LogP contribution in [0.25, 0.3) is 0 Å². The molecule has 0 aliphatic carbocycles. The predicted octanol–water partition coefficient (Wildman–Crippen LogP) is 4.29. The van der Waals surface area contributed by atoms with Crippen LogP contribution >= 0.6 is 0 Å².